The van der Waals surface area contributed by atoms with Crippen molar-refractivity contribution in [1.82, 2.24) is 0 Å². The first-order valence-electron chi connectivity index (χ1n) is 8.56. The van der Waals surface area contributed by atoms with Crippen LogP contribution in [0.4, 0.5) is 11.4 Å². The molecule has 0 heterocycles. The van der Waals surface area contributed by atoms with E-state index in [1.807, 2.05) is 6.92 Å². The SMILES string of the molecule is CCOc1ccccc1NC(=O)COC(=O)c1ccc(OCC)c([N+](=O)[O-])c1. The number of nitrogens with one attached hydrogen (secondary N) is 1. The van der Waals surface area contributed by atoms with Gasteiger partial charge in [0, 0.05) is 6.07 Å². The van der Waals surface area contributed by atoms with Gasteiger partial charge in [0.15, 0.2) is 12.4 Å². The highest BCUT2D eigenvalue weighted by Gasteiger charge is 2.20. The highest BCUT2D eigenvalue weighted by atomic mass is 16.6. The zero-order valence-corrected chi connectivity index (χ0v) is 15.5. The summed E-state index contributed by atoms with van der Waals surface area (Å²) in [6, 6.07) is 10.5. The summed E-state index contributed by atoms with van der Waals surface area (Å²) in [5.41, 5.74) is 0.0335. The number of carbonyl (C=O) groups is 2. The highest BCUT2D eigenvalue weighted by Crippen LogP contribution is 2.28. The lowest BCUT2D eigenvalue weighted by Gasteiger charge is -2.11. The Labute approximate surface area is 161 Å². The van der Waals surface area contributed by atoms with Crippen LogP contribution in [0.2, 0.25) is 0 Å². The van der Waals surface area contributed by atoms with Gasteiger partial charge in [-0.2, -0.15) is 0 Å². The minimum absolute atomic E-state index is 0.0503. The maximum atomic E-state index is 12.1. The molecule has 1 N–H and O–H groups in total. The van der Waals surface area contributed by atoms with Crippen LogP contribution >= 0.6 is 0 Å². The van der Waals surface area contributed by atoms with Crippen molar-refractivity contribution in [3.05, 3.63) is 58.1 Å². The zero-order chi connectivity index (χ0) is 20.5. The number of rotatable bonds is 9. The van der Waals surface area contributed by atoms with Crippen LogP contribution in [0.25, 0.3) is 0 Å². The summed E-state index contributed by atoms with van der Waals surface area (Å²) >= 11 is 0. The third kappa shape index (κ3) is 5.44. The number of nitrogens with zero attached hydrogens (tertiary/aromatic N) is 1. The van der Waals surface area contributed by atoms with E-state index in [9.17, 15) is 19.7 Å². The van der Waals surface area contributed by atoms with E-state index in [0.29, 0.717) is 18.0 Å². The molecule has 0 bridgehead atoms. The number of esters is 1. The number of anilines is 1. The fourth-order valence-electron chi connectivity index (χ4n) is 2.32. The van der Waals surface area contributed by atoms with Crippen molar-refractivity contribution in [2.24, 2.45) is 0 Å². The van der Waals surface area contributed by atoms with Crippen molar-refractivity contribution in [2.75, 3.05) is 25.1 Å². The number of carbonyl (C=O) groups excluding carboxylic acids is 2. The minimum atomic E-state index is -0.862. The maximum Gasteiger partial charge on any atom is 0.338 e. The minimum Gasteiger partial charge on any atom is -0.492 e. The molecule has 0 fully saturated rings. The lowest BCUT2D eigenvalue weighted by Crippen LogP contribution is -2.21. The van der Waals surface area contributed by atoms with E-state index in [4.69, 9.17) is 14.2 Å². The summed E-state index contributed by atoms with van der Waals surface area (Å²) in [4.78, 5) is 34.6. The molecule has 2 rings (SSSR count). The maximum absolute atomic E-state index is 12.1. The molecule has 1 amide bonds. The lowest BCUT2D eigenvalue weighted by atomic mass is 10.2. The van der Waals surface area contributed by atoms with Crippen LogP contribution in [-0.2, 0) is 9.53 Å². The number of hydrogen-bond acceptors (Lipinski definition) is 7. The Hall–Kier alpha value is -3.62. The van der Waals surface area contributed by atoms with Gasteiger partial charge in [-0.3, -0.25) is 14.9 Å². The van der Waals surface area contributed by atoms with Gasteiger partial charge in [0.05, 0.1) is 29.4 Å². The molecule has 0 aliphatic carbocycles. The third-order valence-corrected chi connectivity index (χ3v) is 3.49. The Balaban J connectivity index is 2.01. The average molecular weight is 388 g/mol. The number of benzene rings is 2. The van der Waals surface area contributed by atoms with Crippen molar-refractivity contribution in [2.45, 2.75) is 13.8 Å². The van der Waals surface area contributed by atoms with Crippen molar-refractivity contribution < 1.29 is 28.7 Å². The van der Waals surface area contributed by atoms with E-state index in [1.165, 1.54) is 12.1 Å². The van der Waals surface area contributed by atoms with Crippen molar-refractivity contribution >= 4 is 23.3 Å². The topological polar surface area (TPSA) is 117 Å². The monoisotopic (exact) mass is 388 g/mol. The van der Waals surface area contributed by atoms with Gasteiger partial charge < -0.3 is 19.5 Å². The lowest BCUT2D eigenvalue weighted by molar-refractivity contribution is -0.385. The fraction of sp³-hybridized carbons (Fsp3) is 0.263. The molecule has 0 spiro atoms. The van der Waals surface area contributed by atoms with Gasteiger partial charge in [0.2, 0.25) is 0 Å². The number of nitro benzene ring substituents is 1. The summed E-state index contributed by atoms with van der Waals surface area (Å²) in [5.74, 6) is -0.888. The normalized spacial score (nSPS) is 10.1. The molecule has 0 aliphatic rings. The number of para-hydroxylation sites is 2. The molecule has 0 aliphatic heterocycles. The van der Waals surface area contributed by atoms with Crippen LogP contribution in [0, 0.1) is 10.1 Å². The van der Waals surface area contributed by atoms with Crippen LogP contribution in [-0.4, -0.2) is 36.6 Å². The molecule has 2 aromatic carbocycles. The van der Waals surface area contributed by atoms with E-state index in [2.05, 4.69) is 5.32 Å². The van der Waals surface area contributed by atoms with E-state index < -0.39 is 23.4 Å². The Morgan fingerprint density at radius 1 is 1.04 bits per heavy atom. The predicted octanol–water partition coefficient (Wildman–Crippen LogP) is 3.19. The molecule has 0 saturated carbocycles. The first-order chi connectivity index (χ1) is 13.5. The molecule has 148 valence electrons. The Bertz CT molecular complexity index is 867. The van der Waals surface area contributed by atoms with Gasteiger partial charge in [0.1, 0.15) is 5.75 Å². The zero-order valence-electron chi connectivity index (χ0n) is 15.5. The largest absolute Gasteiger partial charge is 0.492 e. The van der Waals surface area contributed by atoms with E-state index in [0.717, 1.165) is 6.07 Å². The fourth-order valence-corrected chi connectivity index (χ4v) is 2.32. The third-order valence-electron chi connectivity index (χ3n) is 3.49. The van der Waals surface area contributed by atoms with Gasteiger partial charge in [-0.05, 0) is 38.1 Å². The van der Waals surface area contributed by atoms with Crippen molar-refractivity contribution in [3.63, 3.8) is 0 Å². The van der Waals surface area contributed by atoms with Crippen molar-refractivity contribution in [3.8, 4) is 11.5 Å². The van der Waals surface area contributed by atoms with E-state index in [-0.39, 0.29) is 23.6 Å². The first-order valence-corrected chi connectivity index (χ1v) is 8.56. The van der Waals surface area contributed by atoms with Gasteiger partial charge in [0.25, 0.3) is 5.91 Å². The summed E-state index contributed by atoms with van der Waals surface area (Å²) in [6.07, 6.45) is 0. The van der Waals surface area contributed by atoms with E-state index >= 15 is 0 Å². The van der Waals surface area contributed by atoms with Crippen LogP contribution in [0.1, 0.15) is 24.2 Å². The smallest absolute Gasteiger partial charge is 0.338 e. The van der Waals surface area contributed by atoms with Gasteiger partial charge in [-0.1, -0.05) is 12.1 Å². The van der Waals surface area contributed by atoms with Crippen molar-refractivity contribution in [1.29, 1.82) is 0 Å². The number of amides is 1. The second-order valence-corrected chi connectivity index (χ2v) is 5.43. The Kier molecular flexibility index (Phi) is 7.32. The molecule has 9 nitrogen and oxygen atoms in total. The van der Waals surface area contributed by atoms with Gasteiger partial charge >= 0.3 is 11.7 Å². The quantitative estimate of drug-likeness (QED) is 0.398. The second-order valence-electron chi connectivity index (χ2n) is 5.43. The molecule has 0 unspecified atom stereocenters. The molecule has 9 heteroatoms. The predicted molar refractivity (Wildman–Crippen MR) is 101 cm³/mol. The number of hydrogen-bond donors (Lipinski definition) is 1. The average Bonchev–Trinajstić information content (AvgIpc) is 2.68. The van der Waals surface area contributed by atoms with Crippen LogP contribution in [0.3, 0.4) is 0 Å². The molecular formula is C19H20N2O7. The molecular weight excluding hydrogens is 368 g/mol. The Morgan fingerprint density at radius 3 is 2.39 bits per heavy atom. The molecule has 2 aromatic rings. The molecule has 0 saturated heterocycles. The first kappa shape index (κ1) is 20.7. The summed E-state index contributed by atoms with van der Waals surface area (Å²) in [7, 11) is 0. The Morgan fingerprint density at radius 2 is 1.71 bits per heavy atom. The van der Waals surface area contributed by atoms with Crippen LogP contribution in [0.15, 0.2) is 42.5 Å². The second kappa shape index (κ2) is 9.91. The van der Waals surface area contributed by atoms with E-state index in [1.54, 1.807) is 31.2 Å². The molecule has 28 heavy (non-hydrogen) atoms. The molecule has 0 atom stereocenters. The summed E-state index contributed by atoms with van der Waals surface area (Å²) in [6.45, 7) is 3.62. The number of nitro groups is 1. The molecule has 0 aromatic heterocycles. The van der Waals surface area contributed by atoms with Gasteiger partial charge in [-0.15, -0.1) is 0 Å². The summed E-state index contributed by atoms with van der Waals surface area (Å²) < 4.78 is 15.5. The summed E-state index contributed by atoms with van der Waals surface area (Å²) in [5, 5.41) is 13.7. The standard InChI is InChI=1S/C19H20N2O7/c1-3-26-16-8-6-5-7-14(16)20-18(22)12-28-19(23)13-9-10-17(27-4-2)15(11-13)21(24)25/h5-11H,3-4,12H2,1-2H3,(H,20,22). The van der Waals surface area contributed by atoms with Crippen LogP contribution in [0.5, 0.6) is 11.5 Å². The van der Waals surface area contributed by atoms with Gasteiger partial charge in [-0.25, -0.2) is 4.79 Å². The van der Waals surface area contributed by atoms with Crippen LogP contribution < -0.4 is 14.8 Å². The number of ether oxygens (including phenoxy) is 3. The highest BCUT2D eigenvalue weighted by molar-refractivity contribution is 5.96. The molecule has 0 radical (unpaired) electrons.